The standard InChI is InChI=1S/C42H72O13/c1-20(2)11-10-14-42(9,55-37-33(51)34(30(48)25(19-43)53-37)54-36-32(50)31(49)29(47)21(3)52-36)22-12-16-40(7)28(22)23(44)17-26-39(6)15-13-27(46)38(4,5)35(39)24(45)18-41(26,40)8/h11,21-37,43-51H,10,12-19H2,1-9H3/t21-,22+,23-,24+,25-,26?,27+,28+,29-,30-,31+,32+,33-,34+,35?,36+,37+,39-,40-,41-,42+/m1/s1. The van der Waals surface area contributed by atoms with Crippen molar-refractivity contribution in [3.63, 3.8) is 0 Å². The van der Waals surface area contributed by atoms with Gasteiger partial charge < -0.3 is 64.9 Å². The van der Waals surface area contributed by atoms with E-state index >= 15 is 0 Å². The maximum Gasteiger partial charge on any atom is 0.187 e. The molecule has 4 saturated carbocycles. The predicted octanol–water partition coefficient (Wildman–Crippen LogP) is 2.15. The number of fused-ring (bicyclic) bond motifs is 5. The van der Waals surface area contributed by atoms with Gasteiger partial charge in [0.1, 0.15) is 42.7 Å². The van der Waals surface area contributed by atoms with Gasteiger partial charge in [-0.05, 0) is 124 Å². The molecule has 0 amide bonds. The van der Waals surface area contributed by atoms with Gasteiger partial charge >= 0.3 is 0 Å². The molecule has 2 aliphatic heterocycles. The summed E-state index contributed by atoms with van der Waals surface area (Å²) in [5, 5.41) is 100. The third-order valence-electron chi connectivity index (χ3n) is 16.5. The quantitative estimate of drug-likeness (QED) is 0.153. The lowest BCUT2D eigenvalue weighted by molar-refractivity contribution is -0.371. The van der Waals surface area contributed by atoms with Gasteiger partial charge in [0.15, 0.2) is 12.6 Å². The second kappa shape index (κ2) is 15.4. The van der Waals surface area contributed by atoms with Crippen molar-refractivity contribution in [3.05, 3.63) is 11.6 Å². The summed E-state index contributed by atoms with van der Waals surface area (Å²) in [5.74, 6) is -0.442. The minimum atomic E-state index is -1.69. The molecule has 21 atom stereocenters. The molecule has 6 rings (SSSR count). The molecular formula is C42H72O13. The van der Waals surface area contributed by atoms with E-state index in [2.05, 4.69) is 40.7 Å². The van der Waals surface area contributed by atoms with E-state index < -0.39 is 103 Å². The first kappa shape index (κ1) is 43.8. The lowest BCUT2D eigenvalue weighted by Crippen LogP contribution is -2.70. The van der Waals surface area contributed by atoms with Crippen molar-refractivity contribution >= 4 is 0 Å². The molecule has 0 spiro atoms. The summed E-state index contributed by atoms with van der Waals surface area (Å²) in [7, 11) is 0. The molecule has 0 aromatic heterocycles. The van der Waals surface area contributed by atoms with Gasteiger partial charge in [0.25, 0.3) is 0 Å². The van der Waals surface area contributed by atoms with Gasteiger partial charge in [0.05, 0.1) is 36.6 Å². The highest BCUT2D eigenvalue weighted by Gasteiger charge is 2.73. The normalized spacial score (nSPS) is 53.4. The van der Waals surface area contributed by atoms with Crippen LogP contribution < -0.4 is 0 Å². The van der Waals surface area contributed by atoms with Gasteiger partial charge in [-0.1, -0.05) is 46.3 Å². The Morgan fingerprint density at radius 3 is 2.11 bits per heavy atom. The second-order valence-electron chi connectivity index (χ2n) is 20.2. The maximum absolute atomic E-state index is 12.5. The molecule has 0 aromatic carbocycles. The van der Waals surface area contributed by atoms with Gasteiger partial charge in [-0.3, -0.25) is 0 Å². The van der Waals surface area contributed by atoms with E-state index in [0.29, 0.717) is 38.5 Å². The first-order valence-electron chi connectivity index (χ1n) is 20.8. The molecule has 0 bridgehead atoms. The van der Waals surface area contributed by atoms with Crippen LogP contribution >= 0.6 is 0 Å². The fraction of sp³-hybridized carbons (Fsp3) is 0.952. The Labute approximate surface area is 327 Å². The highest BCUT2D eigenvalue weighted by atomic mass is 16.7. The lowest BCUT2D eigenvalue weighted by Gasteiger charge is -2.71. The smallest absolute Gasteiger partial charge is 0.187 e. The Balaban J connectivity index is 1.32. The van der Waals surface area contributed by atoms with E-state index in [1.807, 2.05) is 20.8 Å². The van der Waals surface area contributed by atoms with Crippen LogP contribution in [0.2, 0.25) is 0 Å². The fourth-order valence-corrected chi connectivity index (χ4v) is 13.5. The minimum Gasteiger partial charge on any atom is -0.394 e. The summed E-state index contributed by atoms with van der Waals surface area (Å²) in [4.78, 5) is 0. The van der Waals surface area contributed by atoms with Crippen molar-refractivity contribution in [2.45, 2.75) is 199 Å². The zero-order chi connectivity index (χ0) is 40.8. The second-order valence-corrected chi connectivity index (χ2v) is 20.2. The molecule has 13 heteroatoms. The van der Waals surface area contributed by atoms with E-state index in [1.165, 1.54) is 6.92 Å². The highest BCUT2D eigenvalue weighted by Crippen LogP contribution is 2.76. The molecule has 4 aliphatic carbocycles. The Hall–Kier alpha value is -0.780. The summed E-state index contributed by atoms with van der Waals surface area (Å²) in [6, 6.07) is 0. The average molecular weight is 785 g/mol. The zero-order valence-corrected chi connectivity index (χ0v) is 34.4. The van der Waals surface area contributed by atoms with Gasteiger partial charge in [-0.15, -0.1) is 0 Å². The molecule has 13 nitrogen and oxygen atoms in total. The first-order chi connectivity index (χ1) is 25.5. The molecule has 2 unspecified atom stereocenters. The zero-order valence-electron chi connectivity index (χ0n) is 34.4. The summed E-state index contributed by atoms with van der Waals surface area (Å²) < 4.78 is 24.6. The summed E-state index contributed by atoms with van der Waals surface area (Å²) in [5.41, 5.74) is -1.36. The van der Waals surface area contributed by atoms with Crippen LogP contribution in [-0.2, 0) is 18.9 Å². The number of ether oxygens (including phenoxy) is 4. The van der Waals surface area contributed by atoms with Crippen molar-refractivity contribution in [1.82, 2.24) is 0 Å². The number of rotatable bonds is 9. The SMILES string of the molecule is CC(C)=CCC[C@](C)(O[C@@H]1O[C@H](CO)[C@@H](O)[C@H](O[C@@H]2O[C@H](C)[C@@H](O)[C@H](O)[C@@H]2O)[C@H]1O)[C@H]1CC[C@]2(C)[C@@H]1[C@H](O)CC1[C@@]3(C)CC[C@H](O)C(C)(C)C3[C@@H](O)C[C@]12C. The van der Waals surface area contributed by atoms with Crippen molar-refractivity contribution < 1.29 is 64.9 Å². The van der Waals surface area contributed by atoms with E-state index in [9.17, 15) is 46.0 Å². The average Bonchev–Trinajstić information content (AvgIpc) is 3.49. The number of hydrogen-bond acceptors (Lipinski definition) is 13. The van der Waals surface area contributed by atoms with Gasteiger partial charge in [0, 0.05) is 0 Å². The molecule has 2 heterocycles. The molecule has 55 heavy (non-hydrogen) atoms. The van der Waals surface area contributed by atoms with Crippen molar-refractivity contribution in [1.29, 1.82) is 0 Å². The van der Waals surface area contributed by atoms with Gasteiger partial charge in [-0.25, -0.2) is 0 Å². The Morgan fingerprint density at radius 2 is 1.47 bits per heavy atom. The molecule has 6 fully saturated rings. The molecule has 6 aliphatic rings. The Kier molecular flexibility index (Phi) is 12.2. The molecule has 0 radical (unpaired) electrons. The Morgan fingerprint density at radius 1 is 0.800 bits per heavy atom. The monoisotopic (exact) mass is 784 g/mol. The van der Waals surface area contributed by atoms with Crippen molar-refractivity contribution in [2.24, 2.45) is 45.3 Å². The van der Waals surface area contributed by atoms with E-state index in [4.69, 9.17) is 18.9 Å². The summed E-state index contributed by atoms with van der Waals surface area (Å²) >= 11 is 0. The molecule has 318 valence electrons. The lowest BCUT2D eigenvalue weighted by atomic mass is 9.34. The predicted molar refractivity (Wildman–Crippen MR) is 201 cm³/mol. The fourth-order valence-electron chi connectivity index (χ4n) is 13.5. The molecule has 2 saturated heterocycles. The number of hydrogen-bond donors (Lipinski definition) is 9. The molecule has 9 N–H and O–H groups in total. The van der Waals surface area contributed by atoms with E-state index in [-0.39, 0.29) is 34.5 Å². The number of aliphatic hydroxyl groups excluding tert-OH is 9. The van der Waals surface area contributed by atoms with Crippen LogP contribution in [0, 0.1) is 45.3 Å². The molecule has 0 aromatic rings. The van der Waals surface area contributed by atoms with Crippen LogP contribution in [0.4, 0.5) is 0 Å². The summed E-state index contributed by atoms with van der Waals surface area (Å²) in [6.45, 7) is 17.9. The van der Waals surface area contributed by atoms with Crippen LogP contribution in [0.5, 0.6) is 0 Å². The highest BCUT2D eigenvalue weighted by molar-refractivity contribution is 5.22. The minimum absolute atomic E-state index is 0.112. The number of allylic oxidation sites excluding steroid dienone is 2. The van der Waals surface area contributed by atoms with Crippen LogP contribution in [0.1, 0.15) is 114 Å². The number of aliphatic hydroxyl groups is 9. The largest absolute Gasteiger partial charge is 0.394 e. The third-order valence-corrected chi connectivity index (χ3v) is 16.5. The maximum atomic E-state index is 12.5. The summed E-state index contributed by atoms with van der Waals surface area (Å²) in [6.07, 6.45) is -8.91. The molecular weight excluding hydrogens is 712 g/mol. The van der Waals surface area contributed by atoms with Crippen LogP contribution in [0.25, 0.3) is 0 Å². The Bertz CT molecular complexity index is 1390. The van der Waals surface area contributed by atoms with E-state index in [1.54, 1.807) is 0 Å². The van der Waals surface area contributed by atoms with Crippen molar-refractivity contribution in [2.75, 3.05) is 6.61 Å². The van der Waals surface area contributed by atoms with Gasteiger partial charge in [0.2, 0.25) is 0 Å². The first-order valence-corrected chi connectivity index (χ1v) is 20.8. The van der Waals surface area contributed by atoms with Gasteiger partial charge in [-0.2, -0.15) is 0 Å². The van der Waals surface area contributed by atoms with E-state index in [0.717, 1.165) is 18.4 Å². The topological polar surface area (TPSA) is 219 Å². The van der Waals surface area contributed by atoms with Crippen LogP contribution in [-0.4, -0.2) is 138 Å². The van der Waals surface area contributed by atoms with Crippen LogP contribution in [0.3, 0.4) is 0 Å². The third kappa shape index (κ3) is 7.00. The van der Waals surface area contributed by atoms with Crippen LogP contribution in [0.15, 0.2) is 11.6 Å². The van der Waals surface area contributed by atoms with Crippen molar-refractivity contribution in [3.8, 4) is 0 Å².